The van der Waals surface area contributed by atoms with Crippen LogP contribution in [0.3, 0.4) is 0 Å². The number of rotatable bonds is 7. The number of carbonyl (C=O) groups is 1. The van der Waals surface area contributed by atoms with Crippen molar-refractivity contribution in [3.63, 3.8) is 0 Å². The van der Waals surface area contributed by atoms with Crippen LogP contribution in [0, 0.1) is 0 Å². The molecule has 0 saturated heterocycles. The van der Waals surface area contributed by atoms with Crippen molar-refractivity contribution >= 4 is 39.4 Å². The minimum atomic E-state index is -0.585. The van der Waals surface area contributed by atoms with Crippen LogP contribution >= 0.6 is 23.1 Å². The zero-order valence-electron chi connectivity index (χ0n) is 18.3. The highest BCUT2D eigenvalue weighted by atomic mass is 32.2. The van der Waals surface area contributed by atoms with Crippen molar-refractivity contribution in [2.45, 2.75) is 69.6 Å². The maximum atomic E-state index is 13.2. The molecular weight excluding hydrogens is 450 g/mol. The van der Waals surface area contributed by atoms with Gasteiger partial charge in [-0.1, -0.05) is 23.0 Å². The minimum absolute atomic E-state index is 0.0211. The van der Waals surface area contributed by atoms with Crippen molar-refractivity contribution in [2.75, 3.05) is 0 Å². The molecule has 0 bridgehead atoms. The molecule has 1 aliphatic rings. The molecular formula is C21H25N5O4S2. The van der Waals surface area contributed by atoms with E-state index in [2.05, 4.69) is 22.0 Å². The lowest BCUT2D eigenvalue weighted by atomic mass is 10.2. The van der Waals surface area contributed by atoms with Crippen molar-refractivity contribution < 1.29 is 14.1 Å². The highest BCUT2D eigenvalue weighted by molar-refractivity contribution is 7.98. The van der Waals surface area contributed by atoms with Crippen LogP contribution in [0.5, 0.6) is 0 Å². The summed E-state index contributed by atoms with van der Waals surface area (Å²) in [4.78, 5) is 36.1. The number of allylic oxidation sites excluding steroid dienone is 1. The van der Waals surface area contributed by atoms with Gasteiger partial charge in [-0.15, -0.1) is 17.9 Å². The second-order valence-corrected chi connectivity index (χ2v) is 10.4. The van der Waals surface area contributed by atoms with E-state index in [1.165, 1.54) is 16.6 Å². The molecule has 4 rings (SSSR count). The summed E-state index contributed by atoms with van der Waals surface area (Å²) in [6, 6.07) is 0. The molecule has 0 aromatic carbocycles. The van der Waals surface area contributed by atoms with Crippen LogP contribution < -0.4 is 10.9 Å². The molecule has 0 aliphatic heterocycles. The summed E-state index contributed by atoms with van der Waals surface area (Å²) < 4.78 is 12.0. The van der Waals surface area contributed by atoms with Crippen molar-refractivity contribution in [1.29, 1.82) is 0 Å². The summed E-state index contributed by atoms with van der Waals surface area (Å²) in [6.07, 6.45) is 4.19. The van der Waals surface area contributed by atoms with Gasteiger partial charge in [-0.2, -0.15) is 4.98 Å². The molecule has 32 heavy (non-hydrogen) atoms. The first kappa shape index (κ1) is 22.5. The first-order valence-electron chi connectivity index (χ1n) is 10.3. The number of amides is 1. The molecule has 3 heterocycles. The summed E-state index contributed by atoms with van der Waals surface area (Å²) in [5.74, 6) is 1.09. The Hall–Kier alpha value is -2.66. The first-order chi connectivity index (χ1) is 15.2. The van der Waals surface area contributed by atoms with Gasteiger partial charge in [-0.3, -0.25) is 9.36 Å². The summed E-state index contributed by atoms with van der Waals surface area (Å²) in [7, 11) is 0. The highest BCUT2D eigenvalue weighted by Gasteiger charge is 2.23. The maximum Gasteiger partial charge on any atom is 0.408 e. The van der Waals surface area contributed by atoms with Gasteiger partial charge in [0, 0.05) is 11.4 Å². The Morgan fingerprint density at radius 3 is 2.94 bits per heavy atom. The topological polar surface area (TPSA) is 112 Å². The lowest BCUT2D eigenvalue weighted by Crippen LogP contribution is -2.32. The van der Waals surface area contributed by atoms with Crippen LogP contribution in [0.15, 0.2) is 27.1 Å². The Morgan fingerprint density at radius 1 is 1.38 bits per heavy atom. The van der Waals surface area contributed by atoms with Gasteiger partial charge < -0.3 is 14.6 Å². The van der Waals surface area contributed by atoms with E-state index in [9.17, 15) is 9.59 Å². The van der Waals surface area contributed by atoms with E-state index in [-0.39, 0.29) is 18.0 Å². The fourth-order valence-corrected chi connectivity index (χ4v) is 5.62. The molecule has 170 valence electrons. The fourth-order valence-electron chi connectivity index (χ4n) is 3.47. The van der Waals surface area contributed by atoms with Crippen LogP contribution in [0.1, 0.15) is 49.3 Å². The van der Waals surface area contributed by atoms with Crippen LogP contribution in [0.4, 0.5) is 4.79 Å². The van der Waals surface area contributed by atoms with Crippen LogP contribution in [0.2, 0.25) is 0 Å². The predicted molar refractivity (Wildman–Crippen MR) is 123 cm³/mol. The molecule has 1 amide bonds. The molecule has 1 N–H and O–H groups in total. The van der Waals surface area contributed by atoms with Crippen molar-refractivity contribution in [2.24, 2.45) is 0 Å². The van der Waals surface area contributed by atoms with E-state index in [0.29, 0.717) is 23.3 Å². The quantitative estimate of drug-likeness (QED) is 0.312. The van der Waals surface area contributed by atoms with Crippen molar-refractivity contribution in [3.8, 4) is 0 Å². The summed E-state index contributed by atoms with van der Waals surface area (Å²) in [6.45, 7) is 9.59. The maximum absolute atomic E-state index is 13.2. The van der Waals surface area contributed by atoms with E-state index in [4.69, 9.17) is 14.2 Å². The van der Waals surface area contributed by atoms with E-state index in [0.717, 1.165) is 35.0 Å². The Bertz CT molecular complexity index is 1220. The van der Waals surface area contributed by atoms with Crippen LogP contribution in [-0.4, -0.2) is 31.4 Å². The molecule has 0 radical (unpaired) electrons. The van der Waals surface area contributed by atoms with E-state index >= 15 is 0 Å². The lowest BCUT2D eigenvalue weighted by molar-refractivity contribution is 0.0518. The van der Waals surface area contributed by atoms with E-state index in [1.54, 1.807) is 42.8 Å². The summed E-state index contributed by atoms with van der Waals surface area (Å²) in [5.41, 5.74) is 0.558. The van der Waals surface area contributed by atoms with Gasteiger partial charge in [0.1, 0.15) is 17.0 Å². The standard InChI is InChI=1S/C21H25N5O4S2/c1-5-9-26-18(27)16-12-7-6-8-13(12)32-17(16)24-19(26)31-11-14-23-15(30-25-14)10-22-20(28)29-21(2,3)4/h5H,1,6-11H2,2-4H3,(H,22,28). The first-order valence-corrected chi connectivity index (χ1v) is 12.1. The molecule has 0 spiro atoms. The largest absolute Gasteiger partial charge is 0.444 e. The third-order valence-corrected chi connectivity index (χ3v) is 6.88. The number of nitrogens with one attached hydrogen (secondary N) is 1. The molecule has 11 heteroatoms. The highest BCUT2D eigenvalue weighted by Crippen LogP contribution is 2.35. The molecule has 3 aromatic heterocycles. The monoisotopic (exact) mass is 475 g/mol. The molecule has 9 nitrogen and oxygen atoms in total. The summed E-state index contributed by atoms with van der Waals surface area (Å²) in [5, 5.41) is 7.89. The van der Waals surface area contributed by atoms with Gasteiger partial charge in [0.05, 0.1) is 11.1 Å². The average molecular weight is 476 g/mol. The normalized spacial score (nSPS) is 13.3. The average Bonchev–Trinajstić information content (AvgIpc) is 3.41. The molecule has 0 unspecified atom stereocenters. The number of alkyl carbamates (subject to hydrolysis) is 1. The Morgan fingerprint density at radius 2 is 2.19 bits per heavy atom. The molecule has 0 atom stereocenters. The number of thioether (sulfide) groups is 1. The van der Waals surface area contributed by atoms with Gasteiger partial charge in [0.25, 0.3) is 5.56 Å². The van der Waals surface area contributed by atoms with Gasteiger partial charge in [-0.25, -0.2) is 9.78 Å². The number of aryl methyl sites for hydroxylation is 2. The van der Waals surface area contributed by atoms with Crippen LogP contribution in [0.25, 0.3) is 10.2 Å². The number of thiophene rings is 1. The van der Waals surface area contributed by atoms with Gasteiger partial charge >= 0.3 is 6.09 Å². The number of aromatic nitrogens is 4. The SMILES string of the molecule is C=CCn1c(SCc2noc(CNC(=O)OC(C)(C)C)n2)nc2sc3c(c2c1=O)CCC3. The molecule has 3 aromatic rings. The Labute approximate surface area is 193 Å². The van der Waals surface area contributed by atoms with Crippen LogP contribution in [-0.2, 0) is 36.4 Å². The van der Waals surface area contributed by atoms with E-state index in [1.807, 2.05) is 0 Å². The number of hydrogen-bond acceptors (Lipinski definition) is 9. The fraction of sp³-hybridized carbons (Fsp3) is 0.476. The van der Waals surface area contributed by atoms with Gasteiger partial charge in [0.15, 0.2) is 11.0 Å². The molecule has 1 aliphatic carbocycles. The number of nitrogens with zero attached hydrogens (tertiary/aromatic N) is 4. The third kappa shape index (κ3) is 4.88. The second-order valence-electron chi connectivity index (χ2n) is 8.38. The molecule has 0 saturated carbocycles. The Kier molecular flexibility index (Phi) is 6.38. The number of hydrogen-bond donors (Lipinski definition) is 1. The second kappa shape index (κ2) is 9.07. The number of carbonyl (C=O) groups excluding carboxylic acids is 1. The van der Waals surface area contributed by atoms with Gasteiger partial charge in [0.2, 0.25) is 5.89 Å². The lowest BCUT2D eigenvalue weighted by Gasteiger charge is -2.19. The van der Waals surface area contributed by atoms with E-state index < -0.39 is 11.7 Å². The number of fused-ring (bicyclic) bond motifs is 3. The zero-order chi connectivity index (χ0) is 22.9. The summed E-state index contributed by atoms with van der Waals surface area (Å²) >= 11 is 2.98. The molecule has 0 fully saturated rings. The van der Waals surface area contributed by atoms with Crippen molar-refractivity contribution in [3.05, 3.63) is 45.2 Å². The van der Waals surface area contributed by atoms with Gasteiger partial charge in [-0.05, 0) is 45.6 Å². The zero-order valence-corrected chi connectivity index (χ0v) is 19.9. The predicted octanol–water partition coefficient (Wildman–Crippen LogP) is 3.83. The smallest absolute Gasteiger partial charge is 0.408 e. The minimum Gasteiger partial charge on any atom is -0.444 e. The third-order valence-electron chi connectivity index (χ3n) is 4.72. The number of ether oxygens (including phenoxy) is 1. The van der Waals surface area contributed by atoms with Crippen molar-refractivity contribution in [1.82, 2.24) is 25.0 Å². The Balaban J connectivity index is 1.46.